The molecule has 0 saturated carbocycles. The first-order valence-corrected chi connectivity index (χ1v) is 7.08. The van der Waals surface area contributed by atoms with E-state index >= 15 is 0 Å². The van der Waals surface area contributed by atoms with Crippen LogP contribution in [0.3, 0.4) is 0 Å². The fraction of sp³-hybridized carbons (Fsp3) is 0.467. The second-order valence-electron chi connectivity index (χ2n) is 5.31. The number of rotatable bonds is 6. The number of nitrogens with one attached hydrogen (secondary N) is 1. The normalized spacial score (nSPS) is 21.2. The van der Waals surface area contributed by atoms with Crippen molar-refractivity contribution in [2.45, 2.75) is 31.5 Å². The van der Waals surface area contributed by atoms with Crippen LogP contribution in [0.1, 0.15) is 18.4 Å². The lowest BCUT2D eigenvalue weighted by molar-refractivity contribution is -0.134. The molecule has 114 valence electrons. The van der Waals surface area contributed by atoms with Crippen LogP contribution in [-0.2, 0) is 16.1 Å². The maximum Gasteiger partial charge on any atom is 0.240 e. The average Bonchev–Trinajstić information content (AvgIpc) is 2.90. The van der Waals surface area contributed by atoms with E-state index in [4.69, 9.17) is 5.73 Å². The van der Waals surface area contributed by atoms with Crippen molar-refractivity contribution in [3.63, 3.8) is 0 Å². The Balaban J connectivity index is 2.04. The van der Waals surface area contributed by atoms with E-state index in [1.165, 1.54) is 0 Å². The zero-order chi connectivity index (χ0) is 15.2. The molecule has 0 radical (unpaired) electrons. The molecule has 1 aliphatic heterocycles. The number of hydrogen-bond donors (Lipinski definition) is 3. The molecule has 1 saturated heterocycles. The van der Waals surface area contributed by atoms with Crippen LogP contribution in [0.25, 0.3) is 0 Å². The molecule has 2 unspecified atom stereocenters. The molecule has 0 aromatic heterocycles. The lowest BCUT2D eigenvalue weighted by atomic mass is 10.1. The topological polar surface area (TPSA) is 95.7 Å². The quantitative estimate of drug-likeness (QED) is 0.665. The Bertz CT molecular complexity index is 492. The number of carbonyl (C=O) groups is 2. The van der Waals surface area contributed by atoms with E-state index in [-0.39, 0.29) is 18.9 Å². The molecule has 1 aromatic rings. The first kappa shape index (κ1) is 15.5. The van der Waals surface area contributed by atoms with Gasteiger partial charge in [-0.25, -0.2) is 0 Å². The van der Waals surface area contributed by atoms with E-state index in [2.05, 4.69) is 5.32 Å². The van der Waals surface area contributed by atoms with Gasteiger partial charge in [0.2, 0.25) is 11.8 Å². The number of aliphatic hydroxyl groups is 1. The van der Waals surface area contributed by atoms with Gasteiger partial charge in [0.15, 0.2) is 0 Å². The van der Waals surface area contributed by atoms with Gasteiger partial charge in [-0.2, -0.15) is 0 Å². The van der Waals surface area contributed by atoms with Crippen molar-refractivity contribution >= 4 is 11.8 Å². The van der Waals surface area contributed by atoms with E-state index in [9.17, 15) is 14.7 Å². The third-order valence-electron chi connectivity index (χ3n) is 3.56. The van der Waals surface area contributed by atoms with Gasteiger partial charge in [0.05, 0.1) is 12.1 Å². The third-order valence-corrected chi connectivity index (χ3v) is 3.56. The number of nitrogens with two attached hydrogens (primary N) is 1. The molecule has 4 N–H and O–H groups in total. The van der Waals surface area contributed by atoms with Crippen molar-refractivity contribution < 1.29 is 14.7 Å². The first-order valence-electron chi connectivity index (χ1n) is 7.08. The highest BCUT2D eigenvalue weighted by Crippen LogP contribution is 2.13. The zero-order valence-corrected chi connectivity index (χ0v) is 11.9. The Morgan fingerprint density at radius 1 is 1.33 bits per heavy atom. The van der Waals surface area contributed by atoms with Gasteiger partial charge in [-0.15, -0.1) is 0 Å². The molecular weight excluding hydrogens is 270 g/mol. The molecule has 1 heterocycles. The molecule has 1 aliphatic rings. The van der Waals surface area contributed by atoms with Crippen LogP contribution >= 0.6 is 0 Å². The Kier molecular flexibility index (Phi) is 5.30. The summed E-state index contributed by atoms with van der Waals surface area (Å²) in [5, 5.41) is 12.5. The van der Waals surface area contributed by atoms with Gasteiger partial charge < -0.3 is 21.1 Å². The molecule has 2 atom stereocenters. The lowest BCUT2D eigenvalue weighted by Gasteiger charge is -2.25. The smallest absolute Gasteiger partial charge is 0.240 e. The molecular formula is C15H21N3O3. The Morgan fingerprint density at radius 3 is 2.62 bits per heavy atom. The summed E-state index contributed by atoms with van der Waals surface area (Å²) < 4.78 is 0. The molecule has 0 bridgehead atoms. The molecule has 0 aliphatic carbocycles. The molecule has 2 rings (SSSR count). The molecule has 1 aromatic carbocycles. The highest BCUT2D eigenvalue weighted by molar-refractivity contribution is 5.83. The second-order valence-corrected chi connectivity index (χ2v) is 5.31. The van der Waals surface area contributed by atoms with E-state index < -0.39 is 18.1 Å². The van der Waals surface area contributed by atoms with Crippen LogP contribution in [-0.4, -0.2) is 47.1 Å². The predicted octanol–water partition coefficient (Wildman–Crippen LogP) is -0.387. The second kappa shape index (κ2) is 7.19. The number of hydrogen-bond acceptors (Lipinski definition) is 4. The minimum Gasteiger partial charge on any atom is -0.392 e. The summed E-state index contributed by atoms with van der Waals surface area (Å²) in [4.78, 5) is 25.1. The highest BCUT2D eigenvalue weighted by atomic mass is 16.3. The maximum absolute atomic E-state index is 12.5. The van der Waals surface area contributed by atoms with E-state index in [1.807, 2.05) is 30.3 Å². The fourth-order valence-corrected chi connectivity index (χ4v) is 2.44. The van der Waals surface area contributed by atoms with Crippen LogP contribution in [0.15, 0.2) is 30.3 Å². The Hall–Kier alpha value is -1.92. The van der Waals surface area contributed by atoms with Crippen LogP contribution < -0.4 is 11.1 Å². The van der Waals surface area contributed by atoms with E-state index in [0.29, 0.717) is 19.5 Å². The molecule has 2 amide bonds. The van der Waals surface area contributed by atoms with Gasteiger partial charge in [0.1, 0.15) is 0 Å². The molecule has 21 heavy (non-hydrogen) atoms. The number of primary amides is 1. The van der Waals surface area contributed by atoms with Gasteiger partial charge in [-0.1, -0.05) is 30.3 Å². The van der Waals surface area contributed by atoms with Crippen molar-refractivity contribution in [2.75, 3.05) is 13.1 Å². The molecule has 6 nitrogen and oxygen atoms in total. The van der Waals surface area contributed by atoms with Crippen LogP contribution in [0.2, 0.25) is 0 Å². The first-order chi connectivity index (χ1) is 10.1. The summed E-state index contributed by atoms with van der Waals surface area (Å²) in [6.45, 7) is 1.14. The van der Waals surface area contributed by atoms with Crippen LogP contribution in [0.4, 0.5) is 0 Å². The fourth-order valence-electron chi connectivity index (χ4n) is 2.44. The summed E-state index contributed by atoms with van der Waals surface area (Å²) in [5.74, 6) is -0.531. The van der Waals surface area contributed by atoms with Crippen molar-refractivity contribution in [3.05, 3.63) is 35.9 Å². The van der Waals surface area contributed by atoms with Crippen LogP contribution in [0.5, 0.6) is 0 Å². The number of benzene rings is 1. The van der Waals surface area contributed by atoms with Gasteiger partial charge >= 0.3 is 0 Å². The minimum absolute atomic E-state index is 0.100. The standard InChI is InChI=1S/C15H21N3O3/c16-14(20)6-7-18(10-11-4-2-1-3-5-11)15(21)13-8-12(19)9-17-13/h1-5,12-13,17,19H,6-10H2,(H2,16,20). The van der Waals surface area contributed by atoms with Gasteiger partial charge in [-0.05, 0) is 12.0 Å². The van der Waals surface area contributed by atoms with Crippen molar-refractivity contribution in [2.24, 2.45) is 5.73 Å². The summed E-state index contributed by atoms with van der Waals surface area (Å²) >= 11 is 0. The Morgan fingerprint density at radius 2 is 2.05 bits per heavy atom. The maximum atomic E-state index is 12.5. The average molecular weight is 291 g/mol. The zero-order valence-electron chi connectivity index (χ0n) is 11.9. The van der Waals surface area contributed by atoms with Crippen molar-refractivity contribution in [3.8, 4) is 0 Å². The summed E-state index contributed by atoms with van der Waals surface area (Å²) in [6, 6.07) is 9.20. The predicted molar refractivity (Wildman–Crippen MR) is 78.1 cm³/mol. The number of aliphatic hydroxyl groups excluding tert-OH is 1. The summed E-state index contributed by atoms with van der Waals surface area (Å²) in [6.07, 6.45) is 0.0443. The van der Waals surface area contributed by atoms with Crippen molar-refractivity contribution in [1.29, 1.82) is 0 Å². The van der Waals surface area contributed by atoms with Gasteiger partial charge in [0, 0.05) is 26.1 Å². The van der Waals surface area contributed by atoms with Gasteiger partial charge in [-0.3, -0.25) is 9.59 Å². The summed E-state index contributed by atoms with van der Waals surface area (Å²) in [7, 11) is 0. The van der Waals surface area contributed by atoms with E-state index in [1.54, 1.807) is 4.90 Å². The number of β-amino-alcohol motifs (C(OH)–C–C–N with tert-alkyl or cyclic N) is 1. The minimum atomic E-state index is -0.492. The highest BCUT2D eigenvalue weighted by Gasteiger charge is 2.31. The molecule has 1 fully saturated rings. The Labute approximate surface area is 123 Å². The monoisotopic (exact) mass is 291 g/mol. The number of nitrogens with zero attached hydrogens (tertiary/aromatic N) is 1. The van der Waals surface area contributed by atoms with E-state index in [0.717, 1.165) is 5.56 Å². The van der Waals surface area contributed by atoms with Crippen molar-refractivity contribution in [1.82, 2.24) is 10.2 Å². The number of amides is 2. The number of carbonyl (C=O) groups excluding carboxylic acids is 2. The largest absolute Gasteiger partial charge is 0.392 e. The SMILES string of the molecule is NC(=O)CCN(Cc1ccccc1)C(=O)C1CC(O)CN1. The lowest BCUT2D eigenvalue weighted by Crippen LogP contribution is -2.44. The van der Waals surface area contributed by atoms with Gasteiger partial charge in [0.25, 0.3) is 0 Å². The third kappa shape index (κ3) is 4.54. The molecule has 0 spiro atoms. The van der Waals surface area contributed by atoms with Crippen LogP contribution in [0, 0.1) is 0 Å². The molecule has 6 heteroatoms. The summed E-state index contributed by atoms with van der Waals surface area (Å²) in [5.41, 5.74) is 6.17.